The number of fused-ring (bicyclic) bond motifs is 2. The van der Waals surface area contributed by atoms with Crippen molar-refractivity contribution in [2.24, 2.45) is 5.73 Å². The van der Waals surface area contributed by atoms with Crippen LogP contribution in [0.15, 0.2) is 130 Å². The van der Waals surface area contributed by atoms with E-state index in [1.165, 1.54) is 18.3 Å². The lowest BCUT2D eigenvalue weighted by Gasteiger charge is -2.13. The number of nitrogens with zero attached hydrogens (tertiary/aromatic N) is 1. The van der Waals surface area contributed by atoms with E-state index in [1.807, 2.05) is 54.6 Å². The minimum absolute atomic E-state index is 0.0178. The molecule has 2 aromatic heterocycles. The van der Waals surface area contributed by atoms with Crippen LogP contribution in [0, 0.1) is 0 Å². The van der Waals surface area contributed by atoms with Gasteiger partial charge in [0.2, 0.25) is 0 Å². The van der Waals surface area contributed by atoms with Gasteiger partial charge in [0.05, 0.1) is 21.1 Å². The minimum Gasteiger partial charge on any atom is -0.456 e. The Labute approximate surface area is 219 Å². The summed E-state index contributed by atoms with van der Waals surface area (Å²) in [6.45, 7) is 3.72. The summed E-state index contributed by atoms with van der Waals surface area (Å²) in [5, 5.41) is 1.87. The van der Waals surface area contributed by atoms with Crippen LogP contribution in [-0.4, -0.2) is 13.4 Å². The normalized spacial score (nSPS) is 12.7. The first-order valence-corrected chi connectivity index (χ1v) is 13.2. The van der Waals surface area contributed by atoms with E-state index in [0.29, 0.717) is 11.3 Å². The standard InChI is InChI=1S/C29H22ClN3O3S/c1-19(30)27(33-37(34,35)23-8-3-2-4-9-23)16-22(18-31)20-11-12-26-25(15-20)24(13-14-32-26)29-17-21-7-5-6-10-28(21)36-29/h2-18,33H,1,31H2/b22-18+,27-16+. The van der Waals surface area contributed by atoms with E-state index in [-0.39, 0.29) is 15.6 Å². The molecule has 0 unspecified atom stereocenters. The summed E-state index contributed by atoms with van der Waals surface area (Å²) >= 11 is 6.18. The van der Waals surface area contributed by atoms with Gasteiger partial charge in [-0.05, 0) is 59.7 Å². The van der Waals surface area contributed by atoms with Crippen LogP contribution in [0.3, 0.4) is 0 Å². The molecule has 0 atom stereocenters. The number of allylic oxidation sites excluding steroid dienone is 3. The van der Waals surface area contributed by atoms with Crippen LogP contribution < -0.4 is 10.5 Å². The third kappa shape index (κ3) is 5.00. The van der Waals surface area contributed by atoms with Crippen LogP contribution in [0.5, 0.6) is 0 Å². The zero-order valence-corrected chi connectivity index (χ0v) is 21.1. The van der Waals surface area contributed by atoms with Gasteiger partial charge in [-0.2, -0.15) is 0 Å². The molecule has 0 radical (unpaired) electrons. The smallest absolute Gasteiger partial charge is 0.261 e. The maximum absolute atomic E-state index is 12.9. The lowest BCUT2D eigenvalue weighted by molar-refractivity contribution is 0.589. The molecule has 2 heterocycles. The van der Waals surface area contributed by atoms with Gasteiger partial charge in [-0.1, -0.05) is 60.6 Å². The zero-order valence-electron chi connectivity index (χ0n) is 19.6. The quantitative estimate of drug-likeness (QED) is 0.233. The molecule has 0 amide bonds. The van der Waals surface area contributed by atoms with Gasteiger partial charge in [-0.25, -0.2) is 8.42 Å². The highest BCUT2D eigenvalue weighted by Crippen LogP contribution is 2.34. The topological polar surface area (TPSA) is 98.2 Å². The van der Waals surface area contributed by atoms with Crippen molar-refractivity contribution in [3.8, 4) is 11.3 Å². The third-order valence-corrected chi connectivity index (χ3v) is 7.42. The fourth-order valence-electron chi connectivity index (χ4n) is 4.00. The molecule has 0 saturated carbocycles. The largest absolute Gasteiger partial charge is 0.456 e. The Bertz CT molecular complexity index is 1770. The first-order valence-electron chi connectivity index (χ1n) is 11.3. The van der Waals surface area contributed by atoms with E-state index in [1.54, 1.807) is 30.5 Å². The van der Waals surface area contributed by atoms with Crippen molar-refractivity contribution in [3.05, 3.63) is 126 Å². The number of para-hydroxylation sites is 1. The van der Waals surface area contributed by atoms with Crippen molar-refractivity contribution in [2.75, 3.05) is 0 Å². The van der Waals surface area contributed by atoms with Crippen molar-refractivity contribution in [1.82, 2.24) is 9.71 Å². The molecule has 5 aromatic rings. The lowest BCUT2D eigenvalue weighted by atomic mass is 9.99. The molecule has 0 bridgehead atoms. The molecule has 8 heteroatoms. The van der Waals surface area contributed by atoms with Crippen LogP contribution in [0.4, 0.5) is 0 Å². The third-order valence-electron chi connectivity index (χ3n) is 5.84. The Hall–Kier alpha value is -4.33. The molecule has 0 aliphatic carbocycles. The van der Waals surface area contributed by atoms with Gasteiger partial charge >= 0.3 is 0 Å². The summed E-state index contributed by atoms with van der Waals surface area (Å²) in [4.78, 5) is 4.59. The summed E-state index contributed by atoms with van der Waals surface area (Å²) in [5.74, 6) is 0.713. The number of pyridine rings is 1. The fourth-order valence-corrected chi connectivity index (χ4v) is 5.27. The maximum Gasteiger partial charge on any atom is 0.261 e. The summed E-state index contributed by atoms with van der Waals surface area (Å²) in [6, 6.07) is 25.3. The van der Waals surface area contributed by atoms with Crippen molar-refractivity contribution in [1.29, 1.82) is 0 Å². The lowest BCUT2D eigenvalue weighted by Crippen LogP contribution is -2.23. The molecule has 0 fully saturated rings. The molecule has 37 heavy (non-hydrogen) atoms. The number of sulfonamides is 1. The van der Waals surface area contributed by atoms with Crippen molar-refractivity contribution in [2.45, 2.75) is 4.90 Å². The molecule has 3 N–H and O–H groups in total. The van der Waals surface area contributed by atoms with E-state index < -0.39 is 10.0 Å². The van der Waals surface area contributed by atoms with Crippen molar-refractivity contribution < 1.29 is 12.8 Å². The summed E-state index contributed by atoms with van der Waals surface area (Å²) in [7, 11) is -3.88. The van der Waals surface area contributed by atoms with E-state index in [0.717, 1.165) is 33.0 Å². The second kappa shape index (κ2) is 9.97. The number of rotatable bonds is 7. The van der Waals surface area contributed by atoms with Crippen LogP contribution in [0.25, 0.3) is 38.8 Å². The van der Waals surface area contributed by atoms with Crippen LogP contribution in [0.1, 0.15) is 5.56 Å². The summed E-state index contributed by atoms with van der Waals surface area (Å²) < 4.78 is 34.4. The number of halogens is 1. The van der Waals surface area contributed by atoms with Crippen LogP contribution in [0.2, 0.25) is 0 Å². The van der Waals surface area contributed by atoms with Crippen molar-refractivity contribution in [3.63, 3.8) is 0 Å². The van der Waals surface area contributed by atoms with E-state index in [2.05, 4.69) is 16.3 Å². The van der Waals surface area contributed by atoms with E-state index >= 15 is 0 Å². The average molecular weight is 528 g/mol. The van der Waals surface area contributed by atoms with Gasteiger partial charge in [0, 0.05) is 28.7 Å². The molecule has 0 spiro atoms. The predicted octanol–water partition coefficient (Wildman–Crippen LogP) is 6.56. The molecule has 6 nitrogen and oxygen atoms in total. The number of aromatic nitrogens is 1. The Morgan fingerprint density at radius 3 is 2.49 bits per heavy atom. The monoisotopic (exact) mass is 527 g/mol. The molecule has 0 saturated heterocycles. The second-order valence-electron chi connectivity index (χ2n) is 8.24. The van der Waals surface area contributed by atoms with Crippen LogP contribution >= 0.6 is 11.6 Å². The molecular formula is C29H22ClN3O3S. The van der Waals surface area contributed by atoms with Crippen LogP contribution in [-0.2, 0) is 10.0 Å². The summed E-state index contributed by atoms with van der Waals surface area (Å²) in [5.41, 5.74) is 9.79. The highest BCUT2D eigenvalue weighted by molar-refractivity contribution is 7.89. The van der Waals surface area contributed by atoms with Gasteiger partial charge < -0.3 is 10.2 Å². The Morgan fingerprint density at radius 1 is 1.00 bits per heavy atom. The number of hydrogen-bond donors (Lipinski definition) is 2. The van der Waals surface area contributed by atoms with Gasteiger partial charge in [0.25, 0.3) is 10.0 Å². The van der Waals surface area contributed by atoms with E-state index in [4.69, 9.17) is 21.8 Å². The zero-order chi connectivity index (χ0) is 26.0. The molecule has 0 aliphatic rings. The van der Waals surface area contributed by atoms with Gasteiger partial charge in [-0.15, -0.1) is 0 Å². The van der Waals surface area contributed by atoms with Gasteiger partial charge in [-0.3, -0.25) is 9.71 Å². The number of nitrogens with one attached hydrogen (secondary N) is 1. The first kappa shape index (κ1) is 24.4. The molecule has 5 rings (SSSR count). The van der Waals surface area contributed by atoms with E-state index in [9.17, 15) is 8.42 Å². The number of hydrogen-bond acceptors (Lipinski definition) is 5. The number of nitrogens with two attached hydrogens (primary N) is 1. The van der Waals surface area contributed by atoms with Gasteiger partial charge in [0.1, 0.15) is 11.3 Å². The molecule has 184 valence electrons. The Kier molecular flexibility index (Phi) is 6.56. The average Bonchev–Trinajstić information content (AvgIpc) is 3.35. The summed E-state index contributed by atoms with van der Waals surface area (Å²) in [6.07, 6.45) is 4.67. The molecular weight excluding hydrogens is 506 g/mol. The predicted molar refractivity (Wildman–Crippen MR) is 149 cm³/mol. The van der Waals surface area contributed by atoms with Crippen molar-refractivity contribution >= 4 is 49.1 Å². The Balaban J connectivity index is 1.56. The maximum atomic E-state index is 12.9. The second-order valence-corrected chi connectivity index (χ2v) is 10.4. The first-order chi connectivity index (χ1) is 17.9. The number of benzene rings is 3. The minimum atomic E-state index is -3.88. The highest BCUT2D eigenvalue weighted by atomic mass is 35.5. The highest BCUT2D eigenvalue weighted by Gasteiger charge is 2.17. The SMILES string of the molecule is C=C(Cl)/C(=C\C(=C/N)c1ccc2nccc(-c3cc4ccccc4o3)c2c1)NS(=O)(=O)c1ccccc1. The fraction of sp³-hybridized carbons (Fsp3) is 0. The Morgan fingerprint density at radius 2 is 1.76 bits per heavy atom. The molecule has 0 aliphatic heterocycles. The van der Waals surface area contributed by atoms with Gasteiger partial charge in [0.15, 0.2) is 0 Å². The molecule has 3 aromatic carbocycles. The number of furan rings is 1.